The molecule has 2 aromatic rings. The molecular weight excluding hydrogens is 370 g/mol. The van der Waals surface area contributed by atoms with Crippen molar-refractivity contribution in [1.29, 1.82) is 0 Å². The second-order valence-corrected chi connectivity index (χ2v) is 7.40. The number of benzene rings is 2. The van der Waals surface area contributed by atoms with Crippen molar-refractivity contribution in [2.24, 2.45) is 0 Å². The van der Waals surface area contributed by atoms with Gasteiger partial charge in [-0.25, -0.2) is 0 Å². The molecule has 0 aliphatic heterocycles. The minimum Gasteiger partial charge on any atom is -0.489 e. The lowest BCUT2D eigenvalue weighted by Gasteiger charge is -2.12. The first-order valence-electron chi connectivity index (χ1n) is 9.11. The number of rotatable bonds is 8. The Hall–Kier alpha value is -2.66. The Bertz CT molecular complexity index is 822. The maximum atomic E-state index is 12.7. The van der Waals surface area contributed by atoms with Crippen LogP contribution in [0.3, 0.4) is 0 Å². The third-order valence-electron chi connectivity index (χ3n) is 3.75. The second kappa shape index (κ2) is 10.6. The van der Waals surface area contributed by atoms with Gasteiger partial charge >= 0.3 is 0 Å². The fourth-order valence-electron chi connectivity index (χ4n) is 2.23. The number of anilines is 1. The fraction of sp³-hybridized carbons (Fsp3) is 0.261. The molecule has 2 rings (SSSR count). The molecule has 2 aromatic carbocycles. The van der Waals surface area contributed by atoms with Crippen molar-refractivity contribution < 1.29 is 14.3 Å². The number of ether oxygens (including phenoxy) is 2. The molecule has 0 unspecified atom stereocenters. The van der Waals surface area contributed by atoms with Gasteiger partial charge in [0.05, 0.1) is 0 Å². The van der Waals surface area contributed by atoms with E-state index in [2.05, 4.69) is 17.9 Å². The summed E-state index contributed by atoms with van der Waals surface area (Å²) in [4.78, 5) is 13.5. The number of allylic oxidation sites excluding steroid dienone is 2. The number of carbonyl (C=O) groups excluding carboxylic acids is 1. The van der Waals surface area contributed by atoms with E-state index in [1.54, 1.807) is 18.2 Å². The lowest BCUT2D eigenvalue weighted by Crippen LogP contribution is -2.12. The van der Waals surface area contributed by atoms with Crippen LogP contribution in [-0.2, 0) is 0 Å². The zero-order valence-corrected chi connectivity index (χ0v) is 17.7. The number of hydrogen-bond acceptors (Lipinski definition) is 4. The SMILES string of the molecule is CC(C)=CCOc1cc(OCC=C(C)C)cc(C(=O)Nc2ccc(S)cc2)c1. The second-order valence-electron chi connectivity index (χ2n) is 6.88. The van der Waals surface area contributed by atoms with Crippen molar-refractivity contribution in [2.45, 2.75) is 32.6 Å². The quantitative estimate of drug-likeness (QED) is 0.429. The minimum absolute atomic E-state index is 0.230. The number of carbonyl (C=O) groups is 1. The van der Waals surface area contributed by atoms with E-state index >= 15 is 0 Å². The van der Waals surface area contributed by atoms with Crippen LogP contribution in [0.1, 0.15) is 38.1 Å². The largest absolute Gasteiger partial charge is 0.489 e. The van der Waals surface area contributed by atoms with E-state index in [1.165, 1.54) is 11.1 Å². The third-order valence-corrected chi connectivity index (χ3v) is 4.05. The summed E-state index contributed by atoms with van der Waals surface area (Å²) in [5.41, 5.74) is 3.51. The molecule has 148 valence electrons. The molecule has 1 N–H and O–H groups in total. The minimum atomic E-state index is -0.230. The predicted molar refractivity (Wildman–Crippen MR) is 118 cm³/mol. The highest BCUT2D eigenvalue weighted by atomic mass is 32.1. The van der Waals surface area contributed by atoms with Gasteiger partial charge in [-0.15, -0.1) is 12.6 Å². The lowest BCUT2D eigenvalue weighted by molar-refractivity contribution is 0.102. The Kier molecular flexibility index (Phi) is 8.20. The molecule has 0 heterocycles. The van der Waals surface area contributed by atoms with E-state index in [0.29, 0.717) is 36.0 Å². The highest BCUT2D eigenvalue weighted by Gasteiger charge is 2.11. The molecule has 0 saturated heterocycles. The van der Waals surface area contributed by atoms with Crippen LogP contribution in [0.4, 0.5) is 5.69 Å². The average molecular weight is 398 g/mol. The van der Waals surface area contributed by atoms with Crippen LogP contribution in [0, 0.1) is 0 Å². The molecule has 0 spiro atoms. The molecule has 0 radical (unpaired) electrons. The predicted octanol–water partition coefficient (Wildman–Crippen LogP) is 5.92. The summed E-state index contributed by atoms with van der Waals surface area (Å²) in [7, 11) is 0. The van der Waals surface area contributed by atoms with Crippen molar-refractivity contribution >= 4 is 24.2 Å². The van der Waals surface area contributed by atoms with Gasteiger partial charge in [0.1, 0.15) is 24.7 Å². The normalized spacial score (nSPS) is 10.0. The Balaban J connectivity index is 2.21. The Labute approximate surface area is 172 Å². The zero-order chi connectivity index (χ0) is 20.5. The molecule has 0 fully saturated rings. The topological polar surface area (TPSA) is 47.6 Å². The first-order chi connectivity index (χ1) is 13.3. The average Bonchev–Trinajstić information content (AvgIpc) is 2.63. The van der Waals surface area contributed by atoms with E-state index in [-0.39, 0.29) is 5.91 Å². The van der Waals surface area contributed by atoms with Crippen molar-refractivity contribution in [2.75, 3.05) is 18.5 Å². The van der Waals surface area contributed by atoms with Crippen LogP contribution < -0.4 is 14.8 Å². The van der Waals surface area contributed by atoms with E-state index < -0.39 is 0 Å². The standard InChI is InChI=1S/C23H27NO3S/c1-16(2)9-11-26-20-13-18(14-21(15-20)27-12-10-17(3)4)23(25)24-19-5-7-22(28)8-6-19/h5-10,13-15,28H,11-12H2,1-4H3,(H,24,25). The summed E-state index contributed by atoms with van der Waals surface area (Å²) >= 11 is 4.26. The van der Waals surface area contributed by atoms with E-state index in [1.807, 2.05) is 64.1 Å². The van der Waals surface area contributed by atoms with Gasteiger partial charge < -0.3 is 14.8 Å². The third kappa shape index (κ3) is 7.53. The number of hydrogen-bond donors (Lipinski definition) is 2. The van der Waals surface area contributed by atoms with Gasteiger partial charge in [0.2, 0.25) is 0 Å². The molecular formula is C23H27NO3S. The van der Waals surface area contributed by atoms with Crippen LogP contribution in [0.2, 0.25) is 0 Å². The highest BCUT2D eigenvalue weighted by molar-refractivity contribution is 7.80. The summed E-state index contributed by atoms with van der Waals surface area (Å²) in [5, 5.41) is 2.88. The number of nitrogens with one attached hydrogen (secondary N) is 1. The van der Waals surface area contributed by atoms with Crippen molar-refractivity contribution in [3.8, 4) is 11.5 Å². The highest BCUT2D eigenvalue weighted by Crippen LogP contribution is 2.24. The summed E-state index contributed by atoms with van der Waals surface area (Å²) in [5.74, 6) is 0.942. The smallest absolute Gasteiger partial charge is 0.255 e. The maximum absolute atomic E-state index is 12.7. The maximum Gasteiger partial charge on any atom is 0.255 e. The molecule has 4 nitrogen and oxygen atoms in total. The zero-order valence-electron chi connectivity index (χ0n) is 16.8. The summed E-state index contributed by atoms with van der Waals surface area (Å²) in [6.45, 7) is 8.91. The van der Waals surface area contributed by atoms with Crippen molar-refractivity contribution in [3.05, 3.63) is 71.3 Å². The molecule has 0 aliphatic rings. The first-order valence-corrected chi connectivity index (χ1v) is 9.56. The van der Waals surface area contributed by atoms with Crippen LogP contribution in [-0.4, -0.2) is 19.1 Å². The Morgan fingerprint density at radius 1 is 0.893 bits per heavy atom. The summed E-state index contributed by atoms with van der Waals surface area (Å²) in [6, 6.07) is 12.5. The van der Waals surface area contributed by atoms with Gasteiger partial charge in [0.15, 0.2) is 0 Å². The van der Waals surface area contributed by atoms with Gasteiger partial charge in [-0.2, -0.15) is 0 Å². The molecule has 0 saturated carbocycles. The van der Waals surface area contributed by atoms with Crippen molar-refractivity contribution in [1.82, 2.24) is 0 Å². The fourth-order valence-corrected chi connectivity index (χ4v) is 2.38. The van der Waals surface area contributed by atoms with E-state index in [0.717, 1.165) is 4.90 Å². The van der Waals surface area contributed by atoms with Crippen LogP contribution in [0.25, 0.3) is 0 Å². The molecule has 28 heavy (non-hydrogen) atoms. The lowest BCUT2D eigenvalue weighted by atomic mass is 10.1. The van der Waals surface area contributed by atoms with E-state index in [9.17, 15) is 4.79 Å². The van der Waals surface area contributed by atoms with Crippen LogP contribution >= 0.6 is 12.6 Å². The number of amides is 1. The molecule has 0 bridgehead atoms. The van der Waals surface area contributed by atoms with Gasteiger partial charge in [0, 0.05) is 22.2 Å². The monoisotopic (exact) mass is 397 g/mol. The van der Waals surface area contributed by atoms with Gasteiger partial charge in [-0.3, -0.25) is 4.79 Å². The molecule has 0 aliphatic carbocycles. The van der Waals surface area contributed by atoms with Crippen molar-refractivity contribution in [3.63, 3.8) is 0 Å². The summed E-state index contributed by atoms with van der Waals surface area (Å²) < 4.78 is 11.6. The summed E-state index contributed by atoms with van der Waals surface area (Å²) in [6.07, 6.45) is 3.96. The van der Waals surface area contributed by atoms with Gasteiger partial charge in [-0.1, -0.05) is 11.1 Å². The van der Waals surface area contributed by atoms with Gasteiger partial charge in [0.25, 0.3) is 5.91 Å². The Morgan fingerprint density at radius 2 is 1.39 bits per heavy atom. The molecule has 0 atom stereocenters. The molecule has 0 aromatic heterocycles. The van der Waals surface area contributed by atoms with Crippen LogP contribution in [0.15, 0.2) is 70.7 Å². The van der Waals surface area contributed by atoms with Gasteiger partial charge in [-0.05, 0) is 76.2 Å². The molecule has 5 heteroatoms. The Morgan fingerprint density at radius 3 is 1.86 bits per heavy atom. The number of thiol groups is 1. The first kappa shape index (κ1) is 21.6. The molecule has 1 amide bonds. The van der Waals surface area contributed by atoms with Crippen LogP contribution in [0.5, 0.6) is 11.5 Å². The van der Waals surface area contributed by atoms with E-state index in [4.69, 9.17) is 9.47 Å².